The fourth-order valence-electron chi connectivity index (χ4n) is 3.30. The number of carbonyl (C=O) groups is 1. The molecule has 1 aliphatic rings. The number of carbonyl (C=O) groups excluding carboxylic acids is 1. The first-order valence-electron chi connectivity index (χ1n) is 10.4. The number of aryl methyl sites for hydroxylation is 1. The van der Waals surface area contributed by atoms with Crippen LogP contribution in [0.1, 0.15) is 12.1 Å². The molecule has 0 saturated heterocycles. The van der Waals surface area contributed by atoms with Crippen LogP contribution in [-0.4, -0.2) is 30.7 Å². The van der Waals surface area contributed by atoms with Gasteiger partial charge in [-0.15, -0.1) is 5.10 Å². The predicted molar refractivity (Wildman–Crippen MR) is 130 cm³/mol. The van der Waals surface area contributed by atoms with Gasteiger partial charge in [-0.1, -0.05) is 24.3 Å². The number of benzene rings is 1. The second kappa shape index (κ2) is 9.17. The molecule has 0 saturated carbocycles. The molecule has 33 heavy (non-hydrogen) atoms. The molecule has 0 unspecified atom stereocenters. The maximum Gasteiger partial charge on any atom is 0.255 e. The Morgan fingerprint density at radius 2 is 2.06 bits per heavy atom. The van der Waals surface area contributed by atoms with Crippen LogP contribution in [0.2, 0.25) is 0 Å². The quantitative estimate of drug-likeness (QED) is 0.377. The van der Waals surface area contributed by atoms with E-state index < -0.39 is 0 Å². The minimum Gasteiger partial charge on any atom is -0.322 e. The van der Waals surface area contributed by atoms with Crippen molar-refractivity contribution in [3.8, 4) is 0 Å². The van der Waals surface area contributed by atoms with Crippen molar-refractivity contribution in [3.05, 3.63) is 90.3 Å². The molecule has 1 amide bonds. The third-order valence-corrected chi connectivity index (χ3v) is 5.75. The molecule has 164 valence electrons. The topological polar surface area (TPSA) is 100 Å². The first-order valence-corrected chi connectivity index (χ1v) is 11.2. The first kappa shape index (κ1) is 20.8. The van der Waals surface area contributed by atoms with E-state index in [2.05, 4.69) is 30.9 Å². The Morgan fingerprint density at radius 3 is 2.88 bits per heavy atom. The van der Waals surface area contributed by atoms with Gasteiger partial charge in [0.05, 0.1) is 0 Å². The number of hydrogen-bond donors (Lipinski definition) is 3. The van der Waals surface area contributed by atoms with E-state index in [-0.39, 0.29) is 5.91 Å². The van der Waals surface area contributed by atoms with Gasteiger partial charge in [-0.3, -0.25) is 9.89 Å². The van der Waals surface area contributed by atoms with Crippen LogP contribution in [0.15, 0.2) is 94.7 Å². The predicted octanol–water partition coefficient (Wildman–Crippen LogP) is 5.04. The summed E-state index contributed by atoms with van der Waals surface area (Å²) in [7, 11) is 0. The molecular formula is C24H21N7OS. The smallest absolute Gasteiger partial charge is 0.255 e. The van der Waals surface area contributed by atoms with Gasteiger partial charge in [0.2, 0.25) is 5.16 Å². The van der Waals surface area contributed by atoms with Crippen molar-refractivity contribution in [2.75, 3.05) is 10.6 Å². The van der Waals surface area contributed by atoms with Gasteiger partial charge in [0, 0.05) is 34.1 Å². The number of fused-ring (bicyclic) bond motifs is 1. The van der Waals surface area contributed by atoms with Crippen molar-refractivity contribution in [3.63, 3.8) is 0 Å². The molecule has 1 aromatic carbocycles. The lowest BCUT2D eigenvalue weighted by Crippen LogP contribution is -2.13. The lowest BCUT2D eigenvalue weighted by Gasteiger charge is -2.09. The summed E-state index contributed by atoms with van der Waals surface area (Å²) < 4.78 is 1.79. The number of nitrogens with zero attached hydrogens (tertiary/aromatic N) is 4. The van der Waals surface area contributed by atoms with E-state index in [0.717, 1.165) is 28.2 Å². The number of allylic oxidation sites excluding steroid dienone is 4. The van der Waals surface area contributed by atoms with Crippen LogP contribution in [0.25, 0.3) is 5.52 Å². The largest absolute Gasteiger partial charge is 0.322 e. The van der Waals surface area contributed by atoms with E-state index in [1.165, 1.54) is 11.8 Å². The number of H-pyrrole nitrogens is 1. The lowest BCUT2D eigenvalue weighted by molar-refractivity contribution is -0.112. The monoisotopic (exact) mass is 455 g/mol. The average Bonchev–Trinajstić information content (AvgIpc) is 3.35. The van der Waals surface area contributed by atoms with Crippen LogP contribution in [0.4, 0.5) is 17.3 Å². The fraction of sp³-hybridized carbons (Fsp3) is 0.0833. The van der Waals surface area contributed by atoms with Gasteiger partial charge < -0.3 is 10.6 Å². The number of aromatic amines is 1. The highest BCUT2D eigenvalue weighted by atomic mass is 32.2. The molecule has 0 bridgehead atoms. The number of rotatable bonds is 6. The molecule has 0 fully saturated rings. The van der Waals surface area contributed by atoms with Crippen LogP contribution in [0.5, 0.6) is 0 Å². The van der Waals surface area contributed by atoms with E-state index in [4.69, 9.17) is 0 Å². The molecule has 1 aliphatic carbocycles. The van der Waals surface area contributed by atoms with Crippen molar-refractivity contribution in [1.82, 2.24) is 24.8 Å². The van der Waals surface area contributed by atoms with Crippen LogP contribution >= 0.6 is 11.8 Å². The Morgan fingerprint density at radius 1 is 1.18 bits per heavy atom. The standard InChI is InChI=1S/C24H21N7OS/c1-16-15-21(29-28-16)26-22-20-9-6-14-31(20)30-24(27-22)33-19-12-10-18(11-13-19)25-23(32)17-7-4-2-3-5-8-17/h2,4-15H,3H2,1H3,(H,25,32)(H2,26,27,28,29,30). The third kappa shape index (κ3) is 4.88. The van der Waals surface area contributed by atoms with Gasteiger partial charge in [0.25, 0.3) is 5.91 Å². The highest BCUT2D eigenvalue weighted by molar-refractivity contribution is 7.99. The van der Waals surface area contributed by atoms with Crippen molar-refractivity contribution in [2.45, 2.75) is 23.4 Å². The van der Waals surface area contributed by atoms with Crippen LogP contribution in [0.3, 0.4) is 0 Å². The second-order valence-electron chi connectivity index (χ2n) is 7.41. The molecule has 0 aliphatic heterocycles. The number of anilines is 3. The highest BCUT2D eigenvalue weighted by Crippen LogP contribution is 2.29. The second-order valence-corrected chi connectivity index (χ2v) is 8.45. The van der Waals surface area contributed by atoms with E-state index in [9.17, 15) is 4.79 Å². The summed E-state index contributed by atoms with van der Waals surface area (Å²) in [6, 6.07) is 13.4. The van der Waals surface area contributed by atoms with Crippen LogP contribution in [-0.2, 0) is 4.79 Å². The molecule has 5 rings (SSSR count). The van der Waals surface area contributed by atoms with Crippen LogP contribution in [0, 0.1) is 6.92 Å². The van der Waals surface area contributed by atoms with Crippen molar-refractivity contribution in [1.29, 1.82) is 0 Å². The molecule has 3 N–H and O–H groups in total. The number of nitrogens with one attached hydrogen (secondary N) is 3. The lowest BCUT2D eigenvalue weighted by atomic mass is 10.2. The average molecular weight is 456 g/mol. The Bertz CT molecular complexity index is 1400. The van der Waals surface area contributed by atoms with Gasteiger partial charge in [0.1, 0.15) is 5.52 Å². The zero-order valence-corrected chi connectivity index (χ0v) is 18.6. The summed E-state index contributed by atoms with van der Waals surface area (Å²) in [6.07, 6.45) is 12.2. The molecular weight excluding hydrogens is 434 g/mol. The number of amides is 1. The summed E-state index contributed by atoms with van der Waals surface area (Å²) in [5.41, 5.74) is 3.17. The molecule has 0 atom stereocenters. The summed E-state index contributed by atoms with van der Waals surface area (Å²) in [5.74, 6) is 1.23. The molecule has 0 radical (unpaired) electrons. The van der Waals surface area contributed by atoms with Gasteiger partial charge >= 0.3 is 0 Å². The fourth-order valence-corrected chi connectivity index (χ4v) is 4.05. The summed E-state index contributed by atoms with van der Waals surface area (Å²) in [4.78, 5) is 18.1. The zero-order chi connectivity index (χ0) is 22.6. The highest BCUT2D eigenvalue weighted by Gasteiger charge is 2.12. The van der Waals surface area contributed by atoms with Crippen molar-refractivity contribution >= 4 is 40.5 Å². The van der Waals surface area contributed by atoms with E-state index in [1.807, 2.05) is 86.0 Å². The Labute approximate surface area is 194 Å². The Balaban J connectivity index is 1.32. The molecule has 9 heteroatoms. The normalized spacial score (nSPS) is 13.1. The van der Waals surface area contributed by atoms with E-state index >= 15 is 0 Å². The summed E-state index contributed by atoms with van der Waals surface area (Å²) in [5, 5.41) is 18.5. The minimum absolute atomic E-state index is 0.135. The summed E-state index contributed by atoms with van der Waals surface area (Å²) >= 11 is 1.44. The maximum atomic E-state index is 12.5. The van der Waals surface area contributed by atoms with E-state index in [0.29, 0.717) is 22.4 Å². The van der Waals surface area contributed by atoms with Gasteiger partial charge in [-0.05, 0) is 67.6 Å². The van der Waals surface area contributed by atoms with Crippen molar-refractivity contribution in [2.24, 2.45) is 0 Å². The number of aromatic nitrogens is 5. The summed E-state index contributed by atoms with van der Waals surface area (Å²) in [6.45, 7) is 1.94. The Hall–Kier alpha value is -4.11. The molecule has 3 aromatic heterocycles. The molecule has 3 heterocycles. The molecule has 0 spiro atoms. The zero-order valence-electron chi connectivity index (χ0n) is 17.8. The van der Waals surface area contributed by atoms with Gasteiger partial charge in [0.15, 0.2) is 11.6 Å². The minimum atomic E-state index is -0.135. The SMILES string of the molecule is Cc1cc(Nc2nc(Sc3ccc(NC(=O)C4=CC=CCC=C4)cc3)nn3cccc23)n[nH]1. The molecule has 4 aromatic rings. The van der Waals surface area contributed by atoms with E-state index in [1.54, 1.807) is 4.52 Å². The molecule has 8 nitrogen and oxygen atoms in total. The first-order chi connectivity index (χ1) is 16.1. The van der Waals surface area contributed by atoms with Gasteiger partial charge in [-0.2, -0.15) is 5.10 Å². The third-order valence-electron chi connectivity index (χ3n) is 4.89. The maximum absolute atomic E-state index is 12.5. The van der Waals surface area contributed by atoms with Crippen molar-refractivity contribution < 1.29 is 4.79 Å². The Kier molecular flexibility index (Phi) is 5.77. The number of hydrogen-bond acceptors (Lipinski definition) is 6. The van der Waals surface area contributed by atoms with Gasteiger partial charge in [-0.25, -0.2) is 9.50 Å². The van der Waals surface area contributed by atoms with Crippen LogP contribution < -0.4 is 10.6 Å².